The van der Waals surface area contributed by atoms with Crippen LogP contribution >= 0.6 is 7.92 Å². The van der Waals surface area contributed by atoms with Crippen LogP contribution in [0.15, 0.2) is 66.7 Å². The predicted molar refractivity (Wildman–Crippen MR) is 229 cm³/mol. The molecule has 1 atom stereocenters. The van der Waals surface area contributed by atoms with E-state index in [1.807, 2.05) is 0 Å². The summed E-state index contributed by atoms with van der Waals surface area (Å²) in [5.74, 6) is 2.55. The van der Waals surface area contributed by atoms with Gasteiger partial charge in [-0.1, -0.05) is 165 Å². The first kappa shape index (κ1) is 39.9. The van der Waals surface area contributed by atoms with Crippen LogP contribution in [-0.2, 0) is 0 Å². The zero-order chi connectivity index (χ0) is 37.4. The quantitative estimate of drug-likeness (QED) is 0.142. The molecule has 4 aromatic carbocycles. The SMILES string of the molecule is CC(C)c1cc(C(C)C)c(-c2cccc(-c3c(C(C)C)cc(C(C)C)cc3C(C)C)c2P(c2ccccc2N(C)C)C(C)(C)C)c(C(C)C)c1. The topological polar surface area (TPSA) is 3.24 Å². The molecule has 0 radical (unpaired) electrons. The number of hydrogen-bond acceptors (Lipinski definition) is 1. The minimum absolute atomic E-state index is 0.00593. The minimum Gasteiger partial charge on any atom is -0.377 e. The third-order valence-corrected chi connectivity index (χ3v) is 13.5. The molecule has 0 saturated heterocycles. The van der Waals surface area contributed by atoms with Crippen molar-refractivity contribution >= 4 is 24.2 Å². The fourth-order valence-electron chi connectivity index (χ4n) is 7.57. The maximum absolute atomic E-state index is 2.54. The lowest BCUT2D eigenvalue weighted by molar-refractivity contribution is 0.793. The molecule has 0 N–H and O–H groups in total. The molecule has 4 aromatic rings. The van der Waals surface area contributed by atoms with Crippen LogP contribution in [0.1, 0.15) is 173 Å². The molecule has 1 nitrogen and oxygen atoms in total. The van der Waals surface area contributed by atoms with Gasteiger partial charge in [0.2, 0.25) is 0 Å². The molecule has 0 aromatic heterocycles. The largest absolute Gasteiger partial charge is 0.377 e. The Morgan fingerprint density at radius 2 is 0.840 bits per heavy atom. The van der Waals surface area contributed by atoms with Crippen LogP contribution in [-0.4, -0.2) is 19.3 Å². The smallest absolute Gasteiger partial charge is 0.0442 e. The summed E-state index contributed by atoms with van der Waals surface area (Å²) < 4.78 is 0. The number of nitrogens with zero attached hydrogens (tertiary/aromatic N) is 1. The maximum Gasteiger partial charge on any atom is 0.0442 e. The van der Waals surface area contributed by atoms with Crippen molar-refractivity contribution in [1.82, 2.24) is 0 Å². The van der Waals surface area contributed by atoms with Crippen molar-refractivity contribution in [3.63, 3.8) is 0 Å². The molecule has 0 aliphatic carbocycles. The first-order chi connectivity index (χ1) is 23.3. The summed E-state index contributed by atoms with van der Waals surface area (Å²) in [7, 11) is 3.57. The highest BCUT2D eigenvalue weighted by Gasteiger charge is 2.36. The van der Waals surface area contributed by atoms with E-state index in [2.05, 4.69) is 190 Å². The van der Waals surface area contributed by atoms with E-state index in [0.717, 1.165) is 0 Å². The number of para-hydroxylation sites is 1. The summed E-state index contributed by atoms with van der Waals surface area (Å²) in [5, 5.41) is 2.99. The Morgan fingerprint density at radius 3 is 1.14 bits per heavy atom. The van der Waals surface area contributed by atoms with Crippen molar-refractivity contribution < 1.29 is 0 Å². The Balaban J connectivity index is 2.38. The highest BCUT2D eigenvalue weighted by Crippen LogP contribution is 2.55. The van der Waals surface area contributed by atoms with Gasteiger partial charge in [0.15, 0.2) is 0 Å². The lowest BCUT2D eigenvalue weighted by Crippen LogP contribution is -2.32. The van der Waals surface area contributed by atoms with Crippen LogP contribution in [0, 0.1) is 0 Å². The van der Waals surface area contributed by atoms with Gasteiger partial charge in [-0.3, -0.25) is 0 Å². The van der Waals surface area contributed by atoms with Gasteiger partial charge in [0, 0.05) is 25.1 Å². The molecule has 0 aliphatic rings. The normalized spacial score (nSPS) is 13.1. The standard InChI is InChI=1S/C48H68NP/c1-29(2)35-25-39(31(5)6)45(40(26-35)32(7)8)37-21-20-22-38(46-41(33(9)10)27-36(30(3)4)28-42(46)34(11)12)47(37)50(48(13,14)15)44-24-19-18-23-43(44)49(16)17/h18-34H,1-17H3. The van der Waals surface area contributed by atoms with Crippen LogP contribution in [0.25, 0.3) is 22.3 Å². The molecular weight excluding hydrogens is 622 g/mol. The van der Waals surface area contributed by atoms with Gasteiger partial charge in [-0.05, 0) is 116 Å². The molecule has 50 heavy (non-hydrogen) atoms. The van der Waals surface area contributed by atoms with E-state index in [0.29, 0.717) is 35.5 Å². The van der Waals surface area contributed by atoms with E-state index in [4.69, 9.17) is 0 Å². The Kier molecular flexibility index (Phi) is 12.6. The van der Waals surface area contributed by atoms with Gasteiger partial charge in [-0.15, -0.1) is 0 Å². The molecule has 2 heteroatoms. The second-order valence-electron chi connectivity index (χ2n) is 17.7. The Bertz CT molecular complexity index is 1620. The summed E-state index contributed by atoms with van der Waals surface area (Å²) in [5.41, 5.74) is 15.9. The first-order valence-corrected chi connectivity index (χ1v) is 20.7. The third kappa shape index (κ3) is 8.10. The van der Waals surface area contributed by atoms with Gasteiger partial charge in [0.05, 0.1) is 0 Å². The molecule has 0 bridgehead atoms. The summed E-state index contributed by atoms with van der Waals surface area (Å²) in [6.07, 6.45) is 0. The fraction of sp³-hybridized carbons (Fsp3) is 0.500. The molecule has 0 fully saturated rings. The predicted octanol–water partition coefficient (Wildman–Crippen LogP) is 14.1. The van der Waals surface area contributed by atoms with Crippen LogP contribution in [0.3, 0.4) is 0 Å². The molecule has 0 amide bonds. The Hall–Kier alpha value is -2.89. The van der Waals surface area contributed by atoms with E-state index >= 15 is 0 Å². The van der Waals surface area contributed by atoms with Crippen LogP contribution < -0.4 is 15.5 Å². The molecule has 4 rings (SSSR count). The lowest BCUT2D eigenvalue weighted by Gasteiger charge is -2.39. The maximum atomic E-state index is 2.54. The van der Waals surface area contributed by atoms with Crippen molar-refractivity contribution in [2.75, 3.05) is 19.0 Å². The number of benzene rings is 4. The molecule has 0 saturated carbocycles. The molecule has 0 spiro atoms. The minimum atomic E-state index is -0.843. The second kappa shape index (κ2) is 15.8. The Labute approximate surface area is 309 Å². The molecular formula is C48H68NP. The third-order valence-electron chi connectivity index (χ3n) is 10.3. The van der Waals surface area contributed by atoms with Crippen LogP contribution in [0.4, 0.5) is 5.69 Å². The van der Waals surface area contributed by atoms with Gasteiger partial charge in [0.1, 0.15) is 0 Å². The van der Waals surface area contributed by atoms with Crippen molar-refractivity contribution in [2.45, 2.75) is 145 Å². The van der Waals surface area contributed by atoms with Crippen LogP contribution in [0.2, 0.25) is 0 Å². The molecule has 270 valence electrons. The highest BCUT2D eigenvalue weighted by atomic mass is 31.1. The zero-order valence-electron chi connectivity index (χ0n) is 34.7. The van der Waals surface area contributed by atoms with Crippen molar-refractivity contribution in [3.05, 3.63) is 100 Å². The summed E-state index contributed by atoms with van der Waals surface area (Å²) in [6, 6.07) is 26.7. The Morgan fingerprint density at radius 1 is 0.480 bits per heavy atom. The van der Waals surface area contributed by atoms with E-state index in [9.17, 15) is 0 Å². The van der Waals surface area contributed by atoms with E-state index < -0.39 is 7.92 Å². The van der Waals surface area contributed by atoms with Gasteiger partial charge < -0.3 is 4.90 Å². The van der Waals surface area contributed by atoms with E-state index in [-0.39, 0.29) is 5.16 Å². The summed E-state index contributed by atoms with van der Waals surface area (Å²) in [4.78, 5) is 2.33. The summed E-state index contributed by atoms with van der Waals surface area (Å²) in [6.45, 7) is 35.9. The highest BCUT2D eigenvalue weighted by molar-refractivity contribution is 7.75. The summed E-state index contributed by atoms with van der Waals surface area (Å²) >= 11 is 0. The molecule has 0 heterocycles. The van der Waals surface area contributed by atoms with Gasteiger partial charge >= 0.3 is 0 Å². The van der Waals surface area contributed by atoms with Gasteiger partial charge in [0.25, 0.3) is 0 Å². The number of anilines is 1. The van der Waals surface area contributed by atoms with Gasteiger partial charge in [-0.25, -0.2) is 0 Å². The van der Waals surface area contributed by atoms with Gasteiger partial charge in [-0.2, -0.15) is 0 Å². The zero-order valence-corrected chi connectivity index (χ0v) is 35.6. The molecule has 1 unspecified atom stereocenters. The lowest BCUT2D eigenvalue weighted by atomic mass is 9.79. The fourth-order valence-corrected chi connectivity index (χ4v) is 10.8. The van der Waals surface area contributed by atoms with Crippen molar-refractivity contribution in [3.8, 4) is 22.3 Å². The first-order valence-electron chi connectivity index (χ1n) is 19.3. The second-order valence-corrected chi connectivity index (χ2v) is 20.6. The molecule has 0 aliphatic heterocycles. The average Bonchev–Trinajstić information content (AvgIpc) is 3.02. The average molecular weight is 690 g/mol. The van der Waals surface area contributed by atoms with Crippen LogP contribution in [0.5, 0.6) is 0 Å². The number of rotatable bonds is 11. The van der Waals surface area contributed by atoms with Crippen molar-refractivity contribution in [1.29, 1.82) is 0 Å². The van der Waals surface area contributed by atoms with E-state index in [1.165, 1.54) is 71.9 Å². The van der Waals surface area contributed by atoms with E-state index in [1.54, 1.807) is 0 Å². The monoisotopic (exact) mass is 690 g/mol. The van der Waals surface area contributed by atoms with Crippen molar-refractivity contribution in [2.24, 2.45) is 0 Å². The number of hydrogen-bond donors (Lipinski definition) is 0.